The molecule has 47 heavy (non-hydrogen) atoms. The average Bonchev–Trinajstić information content (AvgIpc) is 3.55. The summed E-state index contributed by atoms with van der Waals surface area (Å²) >= 11 is 1.84. The van der Waals surface area contributed by atoms with E-state index < -0.39 is 7.14 Å². The maximum atomic E-state index is 15.1. The van der Waals surface area contributed by atoms with Crippen molar-refractivity contribution in [3.8, 4) is 22.4 Å². The van der Waals surface area contributed by atoms with E-state index in [1.54, 1.807) is 0 Å². The van der Waals surface area contributed by atoms with E-state index in [1.807, 2.05) is 78.1 Å². The molecule has 222 valence electrons. The van der Waals surface area contributed by atoms with Gasteiger partial charge in [-0.2, -0.15) is 0 Å². The van der Waals surface area contributed by atoms with Gasteiger partial charge in [0.25, 0.3) is 0 Å². The predicted molar refractivity (Wildman–Crippen MR) is 202 cm³/mol. The molecule has 0 aliphatic rings. The van der Waals surface area contributed by atoms with Crippen molar-refractivity contribution in [3.63, 3.8) is 0 Å². The summed E-state index contributed by atoms with van der Waals surface area (Å²) < 4.78 is 17.6. The molecule has 4 heteroatoms. The molecular weight excluding hydrogens is 610 g/mol. The first-order valence-corrected chi connectivity index (χ1v) is 18.3. The molecule has 9 aromatic rings. The van der Waals surface area contributed by atoms with E-state index in [9.17, 15) is 0 Å². The maximum Gasteiger partial charge on any atom is 0.171 e. The molecule has 0 bridgehead atoms. The van der Waals surface area contributed by atoms with Crippen molar-refractivity contribution >= 4 is 76.2 Å². The fraction of sp³-hybridized carbons (Fsp3) is 0. The van der Waals surface area contributed by atoms with Crippen LogP contribution < -0.4 is 15.9 Å². The number of nitrogens with zero attached hydrogens (tertiary/aromatic N) is 1. The molecule has 0 saturated heterocycles. The van der Waals surface area contributed by atoms with Gasteiger partial charge < -0.3 is 4.57 Å². The van der Waals surface area contributed by atoms with Crippen molar-refractivity contribution in [2.45, 2.75) is 0 Å². The number of hydrogen-bond acceptors (Lipinski definition) is 3. The van der Waals surface area contributed by atoms with Gasteiger partial charge >= 0.3 is 0 Å². The Kier molecular flexibility index (Phi) is 6.64. The topological polar surface area (TPSA) is 30.0 Å². The Morgan fingerprint density at radius 3 is 1.70 bits per heavy atom. The zero-order valence-corrected chi connectivity index (χ0v) is 27.1. The Balaban J connectivity index is 1.34. The van der Waals surface area contributed by atoms with Crippen molar-refractivity contribution < 1.29 is 4.57 Å². The van der Waals surface area contributed by atoms with E-state index in [0.717, 1.165) is 54.6 Å². The monoisotopic (exact) mass is 637 g/mol. The van der Waals surface area contributed by atoms with Crippen molar-refractivity contribution in [3.05, 3.63) is 170 Å². The molecule has 0 radical (unpaired) electrons. The first-order chi connectivity index (χ1) is 23.2. The number of benzene rings is 7. The zero-order chi connectivity index (χ0) is 31.4. The third kappa shape index (κ3) is 4.47. The number of hydrogen-bond donors (Lipinski definition) is 0. The highest BCUT2D eigenvalue weighted by Gasteiger charge is 2.29. The largest absolute Gasteiger partial charge is 0.309 e. The quantitative estimate of drug-likeness (QED) is 0.139. The van der Waals surface area contributed by atoms with Gasteiger partial charge in [-0.15, -0.1) is 11.3 Å². The minimum atomic E-state index is -3.08. The Morgan fingerprint density at radius 2 is 1.02 bits per heavy atom. The number of pyridine rings is 1. The van der Waals surface area contributed by atoms with Crippen LogP contribution in [0, 0.1) is 0 Å². The number of aromatic nitrogens is 1. The van der Waals surface area contributed by atoms with E-state index in [2.05, 4.69) is 103 Å². The molecule has 2 aromatic heterocycles. The Morgan fingerprint density at radius 1 is 0.468 bits per heavy atom. The second kappa shape index (κ2) is 11.2. The average molecular weight is 638 g/mol. The Bertz CT molecular complexity index is 2590. The maximum absolute atomic E-state index is 15.1. The number of thiophene rings is 1. The molecule has 0 spiro atoms. The summed E-state index contributed by atoms with van der Waals surface area (Å²) in [5, 5.41) is 8.53. The summed E-state index contributed by atoms with van der Waals surface area (Å²) in [7, 11) is -3.08. The van der Waals surface area contributed by atoms with Crippen LogP contribution in [0.1, 0.15) is 0 Å². The van der Waals surface area contributed by atoms with Gasteiger partial charge in [0.2, 0.25) is 0 Å². The van der Waals surface area contributed by atoms with Crippen LogP contribution in [0.2, 0.25) is 0 Å². The van der Waals surface area contributed by atoms with Crippen molar-refractivity contribution in [2.24, 2.45) is 0 Å². The Hall–Kier alpha value is -5.34. The lowest BCUT2D eigenvalue weighted by molar-refractivity contribution is 0.592. The Labute approximate surface area is 277 Å². The van der Waals surface area contributed by atoms with Gasteiger partial charge in [0.05, 0.1) is 11.2 Å². The van der Waals surface area contributed by atoms with Crippen molar-refractivity contribution in [2.75, 3.05) is 0 Å². The number of para-hydroxylation sites is 1. The van der Waals surface area contributed by atoms with Crippen LogP contribution in [-0.4, -0.2) is 4.98 Å². The summed E-state index contributed by atoms with van der Waals surface area (Å²) in [4.78, 5) is 5.26. The van der Waals surface area contributed by atoms with Crippen LogP contribution in [0.5, 0.6) is 0 Å². The normalized spacial score (nSPS) is 11.9. The van der Waals surface area contributed by atoms with Gasteiger partial charge in [-0.3, -0.25) is 0 Å². The summed E-state index contributed by atoms with van der Waals surface area (Å²) in [5.74, 6) is 0. The highest BCUT2D eigenvalue weighted by molar-refractivity contribution is 7.85. The van der Waals surface area contributed by atoms with Gasteiger partial charge in [-0.05, 0) is 23.8 Å². The molecule has 0 N–H and O–H groups in total. The standard InChI is InChI=1S/C43H28NOPS/c45-46(31-16-6-2-7-17-31,32-18-8-3-9-19-32)33-26-24-29(25-27-33)36-28-37-40(41-35-21-11-13-23-39(35)47-43(36)41)34-20-10-12-22-38(34)44-42(37)30-14-4-1-5-15-30/h1-28H. The summed E-state index contributed by atoms with van der Waals surface area (Å²) in [6, 6.07) is 58.2. The molecular formula is C43H28NOPS. The number of fused-ring (bicyclic) bond motifs is 7. The first kappa shape index (κ1) is 27.9. The van der Waals surface area contributed by atoms with Crippen molar-refractivity contribution in [1.82, 2.24) is 4.98 Å². The van der Waals surface area contributed by atoms with Gasteiger partial charge in [-0.25, -0.2) is 4.98 Å². The molecule has 9 rings (SSSR count). The molecule has 7 aromatic carbocycles. The molecule has 0 atom stereocenters. The molecule has 0 fully saturated rings. The zero-order valence-electron chi connectivity index (χ0n) is 25.4. The van der Waals surface area contributed by atoms with Crippen LogP contribution >= 0.6 is 18.5 Å². The molecule has 0 aliphatic heterocycles. The second-order valence-electron chi connectivity index (χ2n) is 11.8. The highest BCUT2D eigenvalue weighted by Crippen LogP contribution is 2.48. The fourth-order valence-electron chi connectivity index (χ4n) is 6.93. The van der Waals surface area contributed by atoms with E-state index in [0.29, 0.717) is 0 Å². The molecule has 0 unspecified atom stereocenters. The minimum absolute atomic E-state index is 0.824. The van der Waals surface area contributed by atoms with Crippen LogP contribution in [-0.2, 0) is 4.57 Å². The van der Waals surface area contributed by atoms with Crippen LogP contribution in [0.4, 0.5) is 0 Å². The smallest absolute Gasteiger partial charge is 0.171 e. The fourth-order valence-corrected chi connectivity index (χ4v) is 10.8. The van der Waals surface area contributed by atoms with E-state index in [-0.39, 0.29) is 0 Å². The lowest BCUT2D eigenvalue weighted by Crippen LogP contribution is -2.24. The van der Waals surface area contributed by atoms with Crippen LogP contribution in [0.25, 0.3) is 64.2 Å². The third-order valence-electron chi connectivity index (χ3n) is 9.14. The minimum Gasteiger partial charge on any atom is -0.309 e. The summed E-state index contributed by atoms with van der Waals surface area (Å²) in [6.07, 6.45) is 0. The SMILES string of the molecule is O=P(c1ccccc1)(c1ccccc1)c1ccc(-c2cc3c(-c4ccccc4)nc4ccccc4c3c3c2sc2ccccc23)cc1. The molecule has 0 aliphatic carbocycles. The molecule has 2 nitrogen and oxygen atoms in total. The highest BCUT2D eigenvalue weighted by atomic mass is 32.1. The van der Waals surface area contributed by atoms with Crippen LogP contribution in [0.3, 0.4) is 0 Å². The first-order valence-electron chi connectivity index (χ1n) is 15.7. The van der Waals surface area contributed by atoms with Crippen molar-refractivity contribution in [1.29, 1.82) is 0 Å². The molecule has 2 heterocycles. The van der Waals surface area contributed by atoms with Crippen LogP contribution in [0.15, 0.2) is 170 Å². The van der Waals surface area contributed by atoms with Gasteiger partial charge in [0, 0.05) is 63.4 Å². The molecule has 0 saturated carbocycles. The van der Waals surface area contributed by atoms with Gasteiger partial charge in [0.1, 0.15) is 0 Å². The predicted octanol–water partition coefficient (Wildman–Crippen LogP) is 10.7. The second-order valence-corrected chi connectivity index (χ2v) is 15.6. The molecule has 0 amide bonds. The third-order valence-corrected chi connectivity index (χ3v) is 13.4. The lowest BCUT2D eigenvalue weighted by atomic mass is 9.92. The van der Waals surface area contributed by atoms with Gasteiger partial charge in [0.15, 0.2) is 7.14 Å². The summed E-state index contributed by atoms with van der Waals surface area (Å²) in [6.45, 7) is 0. The lowest BCUT2D eigenvalue weighted by Gasteiger charge is -2.20. The van der Waals surface area contributed by atoms with E-state index >= 15 is 4.57 Å². The van der Waals surface area contributed by atoms with E-state index in [1.165, 1.54) is 25.6 Å². The van der Waals surface area contributed by atoms with Gasteiger partial charge in [-0.1, -0.05) is 152 Å². The van der Waals surface area contributed by atoms with E-state index in [4.69, 9.17) is 4.98 Å². The summed E-state index contributed by atoms with van der Waals surface area (Å²) in [5.41, 5.74) is 5.31. The number of rotatable bonds is 5.